The fourth-order valence-corrected chi connectivity index (χ4v) is 2.60. The zero-order chi connectivity index (χ0) is 11.4. The van der Waals surface area contributed by atoms with Crippen LogP contribution < -0.4 is 0 Å². The molecule has 5 nitrogen and oxygen atoms in total. The first-order chi connectivity index (χ1) is 7.10. The lowest BCUT2D eigenvalue weighted by molar-refractivity contribution is -0.139. The molecule has 0 aromatic heterocycles. The lowest BCUT2D eigenvalue weighted by Crippen LogP contribution is -2.32. The molecule has 0 bridgehead atoms. The maximum Gasteiger partial charge on any atom is 0.305 e. The molecule has 0 aliphatic carbocycles. The van der Waals surface area contributed by atoms with Crippen LogP contribution in [0.1, 0.15) is 20.3 Å². The number of amidine groups is 1. The van der Waals surface area contributed by atoms with E-state index in [0.29, 0.717) is 18.3 Å². The molecular formula is C9H14N2O3S. The van der Waals surface area contributed by atoms with Crippen molar-refractivity contribution in [3.8, 4) is 0 Å². The van der Waals surface area contributed by atoms with E-state index in [-0.39, 0.29) is 12.3 Å². The van der Waals surface area contributed by atoms with Crippen molar-refractivity contribution in [3.63, 3.8) is 0 Å². The summed E-state index contributed by atoms with van der Waals surface area (Å²) in [6, 6.07) is 0. The summed E-state index contributed by atoms with van der Waals surface area (Å²) in [6.07, 6.45) is -0.136. The summed E-state index contributed by atoms with van der Waals surface area (Å²) >= 11 is 1.25. The van der Waals surface area contributed by atoms with E-state index in [9.17, 15) is 9.59 Å². The van der Waals surface area contributed by atoms with Gasteiger partial charge in [0.05, 0.1) is 6.42 Å². The van der Waals surface area contributed by atoms with Gasteiger partial charge >= 0.3 is 5.97 Å². The number of amides is 1. The summed E-state index contributed by atoms with van der Waals surface area (Å²) in [6.45, 7) is 4.88. The molecule has 6 heteroatoms. The van der Waals surface area contributed by atoms with E-state index in [0.717, 1.165) is 0 Å². The molecule has 0 unspecified atom stereocenters. The molecule has 1 fully saturated rings. The van der Waals surface area contributed by atoms with Gasteiger partial charge in [-0.3, -0.25) is 19.5 Å². The van der Waals surface area contributed by atoms with E-state index in [4.69, 9.17) is 5.11 Å². The average molecular weight is 230 g/mol. The standard InChI is InChI=1S/C9H14N2O3S/c1-3-10-9-11(4-2)8(14)6(15-9)5-7(12)13/h6H,3-5H2,1-2H3,(H,12,13)/t6-/m0/s1. The maximum absolute atomic E-state index is 11.7. The fourth-order valence-electron chi connectivity index (χ4n) is 1.35. The van der Waals surface area contributed by atoms with Gasteiger partial charge in [-0.2, -0.15) is 0 Å². The number of nitrogens with zero attached hydrogens (tertiary/aromatic N) is 2. The van der Waals surface area contributed by atoms with Crippen LogP contribution in [0, 0.1) is 0 Å². The van der Waals surface area contributed by atoms with Crippen molar-refractivity contribution in [1.82, 2.24) is 4.90 Å². The molecular weight excluding hydrogens is 216 g/mol. The second-order valence-corrected chi connectivity index (χ2v) is 4.21. The van der Waals surface area contributed by atoms with E-state index >= 15 is 0 Å². The molecule has 1 N–H and O–H groups in total. The number of thioether (sulfide) groups is 1. The monoisotopic (exact) mass is 230 g/mol. The number of carbonyl (C=O) groups excluding carboxylic acids is 1. The lowest BCUT2D eigenvalue weighted by atomic mass is 10.3. The Hall–Kier alpha value is -1.04. The van der Waals surface area contributed by atoms with Gasteiger partial charge in [-0.1, -0.05) is 11.8 Å². The van der Waals surface area contributed by atoms with Crippen LogP contribution in [0.5, 0.6) is 0 Å². The van der Waals surface area contributed by atoms with Crippen LogP contribution in [-0.4, -0.2) is 45.4 Å². The SMILES string of the molecule is CCN=C1S[C@@H](CC(=O)O)C(=O)N1CC. The van der Waals surface area contributed by atoms with Crippen LogP contribution in [-0.2, 0) is 9.59 Å². The highest BCUT2D eigenvalue weighted by molar-refractivity contribution is 8.15. The highest BCUT2D eigenvalue weighted by atomic mass is 32.2. The molecule has 1 atom stereocenters. The number of carboxylic acid groups (broad SMARTS) is 1. The second-order valence-electron chi connectivity index (χ2n) is 3.04. The van der Waals surface area contributed by atoms with Crippen LogP contribution in [0.3, 0.4) is 0 Å². The van der Waals surface area contributed by atoms with E-state index in [1.807, 2.05) is 13.8 Å². The third-order valence-corrected chi connectivity index (χ3v) is 3.20. The first-order valence-electron chi connectivity index (χ1n) is 4.84. The summed E-state index contributed by atoms with van der Waals surface area (Å²) in [5.41, 5.74) is 0. The van der Waals surface area contributed by atoms with Gasteiger partial charge in [0.15, 0.2) is 5.17 Å². The van der Waals surface area contributed by atoms with Crippen LogP contribution in [0.15, 0.2) is 4.99 Å². The summed E-state index contributed by atoms with van der Waals surface area (Å²) < 4.78 is 0. The Morgan fingerprint density at radius 2 is 2.27 bits per heavy atom. The molecule has 1 saturated heterocycles. The molecule has 1 rings (SSSR count). The molecule has 1 aliphatic rings. The Labute approximate surface area is 92.5 Å². The zero-order valence-electron chi connectivity index (χ0n) is 8.77. The number of carboxylic acids is 1. The van der Waals surface area contributed by atoms with Gasteiger partial charge in [-0.05, 0) is 13.8 Å². The molecule has 0 saturated carbocycles. The number of aliphatic carboxylic acids is 1. The van der Waals surface area contributed by atoms with Crippen LogP contribution in [0.25, 0.3) is 0 Å². The molecule has 0 radical (unpaired) electrons. The van der Waals surface area contributed by atoms with E-state index in [2.05, 4.69) is 4.99 Å². The first-order valence-corrected chi connectivity index (χ1v) is 5.72. The zero-order valence-corrected chi connectivity index (χ0v) is 9.58. The van der Waals surface area contributed by atoms with E-state index < -0.39 is 11.2 Å². The fraction of sp³-hybridized carbons (Fsp3) is 0.667. The largest absolute Gasteiger partial charge is 0.481 e. The summed E-state index contributed by atoms with van der Waals surface area (Å²) in [5.74, 6) is -1.09. The molecule has 0 aromatic rings. The summed E-state index contributed by atoms with van der Waals surface area (Å²) in [5, 5.41) is 8.79. The summed E-state index contributed by atoms with van der Waals surface area (Å²) in [4.78, 5) is 28.0. The Kier molecular flexibility index (Phi) is 4.14. The van der Waals surface area contributed by atoms with Crippen molar-refractivity contribution in [2.75, 3.05) is 13.1 Å². The summed E-state index contributed by atoms with van der Waals surface area (Å²) in [7, 11) is 0. The van der Waals surface area contributed by atoms with Crippen molar-refractivity contribution < 1.29 is 14.7 Å². The normalized spacial score (nSPS) is 23.9. The first kappa shape index (κ1) is 12.0. The van der Waals surface area contributed by atoms with Gasteiger partial charge in [0.2, 0.25) is 5.91 Å². The topological polar surface area (TPSA) is 70.0 Å². The number of rotatable bonds is 4. The van der Waals surface area contributed by atoms with E-state index in [1.54, 1.807) is 4.90 Å². The third-order valence-electron chi connectivity index (χ3n) is 1.99. The van der Waals surface area contributed by atoms with Gasteiger partial charge in [0.1, 0.15) is 5.25 Å². The predicted octanol–water partition coefficient (Wildman–Crippen LogP) is 0.801. The number of hydrogen-bond acceptors (Lipinski definition) is 4. The van der Waals surface area contributed by atoms with Crippen LogP contribution in [0.4, 0.5) is 0 Å². The minimum atomic E-state index is -0.949. The minimum Gasteiger partial charge on any atom is -0.481 e. The van der Waals surface area contributed by atoms with E-state index in [1.165, 1.54) is 11.8 Å². The van der Waals surface area contributed by atoms with Gasteiger partial charge < -0.3 is 5.11 Å². The molecule has 0 spiro atoms. The second kappa shape index (κ2) is 5.16. The van der Waals surface area contributed by atoms with Crippen molar-refractivity contribution in [1.29, 1.82) is 0 Å². The lowest BCUT2D eigenvalue weighted by Gasteiger charge is -2.12. The number of carbonyl (C=O) groups is 2. The quantitative estimate of drug-likeness (QED) is 0.775. The highest BCUT2D eigenvalue weighted by Crippen LogP contribution is 2.29. The third kappa shape index (κ3) is 2.71. The average Bonchev–Trinajstić information content (AvgIpc) is 2.43. The molecule has 1 aliphatic heterocycles. The Morgan fingerprint density at radius 1 is 1.60 bits per heavy atom. The van der Waals surface area contributed by atoms with Crippen molar-refractivity contribution in [2.45, 2.75) is 25.5 Å². The molecule has 0 aromatic carbocycles. The van der Waals surface area contributed by atoms with Gasteiger partial charge in [0.25, 0.3) is 0 Å². The Bertz CT molecular complexity index is 304. The van der Waals surface area contributed by atoms with Crippen molar-refractivity contribution >= 4 is 28.8 Å². The minimum absolute atomic E-state index is 0.136. The molecule has 1 amide bonds. The van der Waals surface area contributed by atoms with Gasteiger partial charge in [0, 0.05) is 13.1 Å². The van der Waals surface area contributed by atoms with Crippen molar-refractivity contribution in [3.05, 3.63) is 0 Å². The Balaban J connectivity index is 2.78. The Morgan fingerprint density at radius 3 is 2.73 bits per heavy atom. The van der Waals surface area contributed by atoms with Crippen LogP contribution >= 0.6 is 11.8 Å². The van der Waals surface area contributed by atoms with Crippen LogP contribution in [0.2, 0.25) is 0 Å². The maximum atomic E-state index is 11.7. The smallest absolute Gasteiger partial charge is 0.305 e. The number of hydrogen-bond donors (Lipinski definition) is 1. The van der Waals surface area contributed by atoms with Gasteiger partial charge in [-0.25, -0.2) is 0 Å². The molecule has 15 heavy (non-hydrogen) atoms. The highest BCUT2D eigenvalue weighted by Gasteiger charge is 2.37. The van der Waals surface area contributed by atoms with Crippen molar-refractivity contribution in [2.24, 2.45) is 4.99 Å². The number of aliphatic imine (C=N–C) groups is 1. The predicted molar refractivity (Wildman–Crippen MR) is 59.0 cm³/mol. The molecule has 84 valence electrons. The van der Waals surface area contributed by atoms with Gasteiger partial charge in [-0.15, -0.1) is 0 Å². The molecule has 1 heterocycles.